The van der Waals surface area contributed by atoms with Gasteiger partial charge in [-0.3, -0.25) is 4.57 Å². The van der Waals surface area contributed by atoms with Gasteiger partial charge in [0.25, 0.3) is 7.82 Å². The van der Waals surface area contributed by atoms with Crippen LogP contribution >= 0.6 is 15.1 Å². The Balaban J connectivity index is 0. The van der Waals surface area contributed by atoms with Crippen molar-refractivity contribution >= 4 is 15.1 Å². The average molecular weight is 384 g/mol. The van der Waals surface area contributed by atoms with Crippen LogP contribution in [0.2, 0.25) is 0 Å². The van der Waals surface area contributed by atoms with E-state index in [4.69, 9.17) is 0 Å². The summed E-state index contributed by atoms with van der Waals surface area (Å²) in [4.78, 5) is 10.4. The van der Waals surface area contributed by atoms with Crippen molar-refractivity contribution in [3.05, 3.63) is 0 Å². The second-order valence-corrected chi connectivity index (χ2v) is 12.2. The first-order chi connectivity index (χ1) is 11.4. The molecule has 0 amide bonds. The van der Waals surface area contributed by atoms with Gasteiger partial charge in [0.2, 0.25) is 0 Å². The van der Waals surface area contributed by atoms with Crippen LogP contribution in [0.4, 0.5) is 0 Å². The maximum atomic E-state index is 10.4. The summed E-state index contributed by atoms with van der Waals surface area (Å²) in [6.45, 7) is 12.9. The predicted molar refractivity (Wildman–Crippen MR) is 108 cm³/mol. The van der Waals surface area contributed by atoms with Gasteiger partial charge in [-0.25, -0.2) is 0 Å². The Morgan fingerprint density at radius 1 is 0.750 bits per heavy atom. The van der Waals surface area contributed by atoms with E-state index < -0.39 is 15.1 Å². The Kier molecular flexibility index (Phi) is 18.9. The molecule has 24 heavy (non-hydrogen) atoms. The summed E-state index contributed by atoms with van der Waals surface area (Å²) >= 11 is 0. The molecule has 0 fully saturated rings. The largest absolute Gasteiger partial charge is 0.756 e. The third kappa shape index (κ3) is 14.8. The highest BCUT2D eigenvalue weighted by Crippen LogP contribution is 2.60. The van der Waals surface area contributed by atoms with E-state index in [0.717, 1.165) is 0 Å². The first kappa shape index (κ1) is 26.8. The van der Waals surface area contributed by atoms with Gasteiger partial charge in [0.15, 0.2) is 0 Å². The summed E-state index contributed by atoms with van der Waals surface area (Å²) in [6.07, 6.45) is 14.9. The van der Waals surface area contributed by atoms with Crippen LogP contribution in [0.25, 0.3) is 0 Å². The molecule has 0 N–H and O–H groups in total. The van der Waals surface area contributed by atoms with Gasteiger partial charge in [-0.05, 0) is 40.0 Å². The molecular formula is C18H42O4P2. The summed E-state index contributed by atoms with van der Waals surface area (Å²) in [7, 11) is -4.47. The topological polar surface area (TPSA) is 58.6 Å². The molecule has 0 aliphatic rings. The third-order valence-electron chi connectivity index (χ3n) is 4.20. The average Bonchev–Trinajstić information content (AvgIpc) is 2.55. The van der Waals surface area contributed by atoms with Crippen LogP contribution in [0.15, 0.2) is 0 Å². The Labute approximate surface area is 152 Å². The second kappa shape index (κ2) is 17.0. The molecular weight excluding hydrogens is 342 g/mol. The lowest BCUT2D eigenvalue weighted by Gasteiger charge is -2.26. The first-order valence-corrected chi connectivity index (χ1v) is 13.8. The molecule has 0 unspecified atom stereocenters. The normalized spacial score (nSPS) is 12.0. The van der Waals surface area contributed by atoms with Crippen molar-refractivity contribution < 1.29 is 18.5 Å². The summed E-state index contributed by atoms with van der Waals surface area (Å²) in [5, 5.41) is 0. The zero-order valence-electron chi connectivity index (χ0n) is 17.0. The summed E-state index contributed by atoms with van der Waals surface area (Å²) in [6, 6.07) is 0. The van der Waals surface area contributed by atoms with Crippen LogP contribution in [0.1, 0.15) is 80.1 Å². The number of phosphoric ester groups is 1. The highest BCUT2D eigenvalue weighted by molar-refractivity contribution is 7.75. The van der Waals surface area contributed by atoms with Gasteiger partial charge in [0.05, 0.1) is 37.9 Å². The van der Waals surface area contributed by atoms with Crippen LogP contribution in [-0.2, 0) is 13.6 Å². The van der Waals surface area contributed by atoms with Crippen molar-refractivity contribution in [3.63, 3.8) is 0 Å². The molecule has 0 aromatic rings. The summed E-state index contributed by atoms with van der Waals surface area (Å²) in [5.74, 6) is 0. The van der Waals surface area contributed by atoms with E-state index in [9.17, 15) is 9.46 Å². The van der Waals surface area contributed by atoms with Crippen molar-refractivity contribution in [3.8, 4) is 0 Å². The fourth-order valence-electron chi connectivity index (χ4n) is 2.64. The molecule has 0 aliphatic carbocycles. The molecule has 0 saturated carbocycles. The number of hydrogen-bond donors (Lipinski definition) is 0. The van der Waals surface area contributed by atoms with E-state index in [1.54, 1.807) is 32.3 Å². The van der Waals surface area contributed by atoms with Crippen LogP contribution in [0.5, 0.6) is 0 Å². The highest BCUT2D eigenvalue weighted by atomic mass is 31.2. The maximum absolute atomic E-state index is 10.4. The highest BCUT2D eigenvalue weighted by Gasteiger charge is 2.32. The molecule has 0 aromatic carbocycles. The minimum atomic E-state index is -3.94. The number of hydrogen-bond acceptors (Lipinski definition) is 4. The van der Waals surface area contributed by atoms with Gasteiger partial charge < -0.3 is 13.9 Å². The monoisotopic (exact) mass is 384 g/mol. The van der Waals surface area contributed by atoms with Crippen LogP contribution in [0, 0.1) is 0 Å². The van der Waals surface area contributed by atoms with Gasteiger partial charge >= 0.3 is 0 Å². The molecule has 0 atom stereocenters. The van der Waals surface area contributed by atoms with E-state index in [2.05, 4.69) is 36.7 Å². The molecule has 4 nitrogen and oxygen atoms in total. The molecule has 0 heterocycles. The molecule has 0 bridgehead atoms. The molecule has 0 saturated heterocycles. The van der Waals surface area contributed by atoms with Gasteiger partial charge in [-0.15, -0.1) is 0 Å². The summed E-state index contributed by atoms with van der Waals surface area (Å²) in [5.41, 5.74) is 0. The van der Waals surface area contributed by atoms with E-state index in [-0.39, 0.29) is 13.2 Å². The molecule has 0 aliphatic heterocycles. The van der Waals surface area contributed by atoms with Gasteiger partial charge in [-0.2, -0.15) is 0 Å². The smallest absolute Gasteiger partial charge is 0.267 e. The quantitative estimate of drug-likeness (QED) is 0.347. The third-order valence-corrected chi connectivity index (χ3v) is 10.5. The Hall–Kier alpha value is 0.540. The minimum Gasteiger partial charge on any atom is -0.756 e. The fourth-order valence-corrected chi connectivity index (χ4v) is 7.93. The molecule has 0 spiro atoms. The number of rotatable bonds is 14. The van der Waals surface area contributed by atoms with Crippen molar-refractivity contribution in [2.75, 3.05) is 37.9 Å². The zero-order valence-corrected chi connectivity index (χ0v) is 18.8. The predicted octanol–water partition coefficient (Wildman–Crippen LogP) is 5.95. The minimum absolute atomic E-state index is 0.126. The van der Waals surface area contributed by atoms with Crippen molar-refractivity contribution in [1.29, 1.82) is 0 Å². The second-order valence-electron chi connectivity index (χ2n) is 6.17. The zero-order chi connectivity index (χ0) is 18.9. The van der Waals surface area contributed by atoms with Gasteiger partial charge in [0.1, 0.15) is 0 Å². The molecule has 6 heteroatoms. The first-order valence-electron chi connectivity index (χ1n) is 9.82. The summed E-state index contributed by atoms with van der Waals surface area (Å²) < 4.78 is 18.9. The Morgan fingerprint density at radius 3 is 1.29 bits per heavy atom. The van der Waals surface area contributed by atoms with E-state index >= 15 is 0 Å². The van der Waals surface area contributed by atoms with Gasteiger partial charge in [-0.1, -0.05) is 40.0 Å². The maximum Gasteiger partial charge on any atom is 0.267 e. The molecule has 0 radical (unpaired) electrons. The van der Waals surface area contributed by atoms with Crippen molar-refractivity contribution in [2.24, 2.45) is 0 Å². The SMILES string of the molecule is CCCC[P+](CC)(CCCC)CCCC.CCOP(=O)([O-])OCC. The molecule has 148 valence electrons. The Morgan fingerprint density at radius 2 is 1.08 bits per heavy atom. The van der Waals surface area contributed by atoms with Crippen molar-refractivity contribution in [2.45, 2.75) is 80.1 Å². The van der Waals surface area contributed by atoms with Crippen LogP contribution < -0.4 is 4.89 Å². The standard InChI is InChI=1S/C14H32P.C4H11O4P/c1-5-9-12-15(8-4,13-10-6-2)14-11-7-3;1-3-7-9(5,6)8-4-2/h5-14H2,1-4H3;3-4H2,1-2H3,(H,5,6)/q+1;/p-1. The fraction of sp³-hybridized carbons (Fsp3) is 1.00. The van der Waals surface area contributed by atoms with E-state index in [1.807, 2.05) is 0 Å². The number of phosphoric acid groups is 1. The lowest BCUT2D eigenvalue weighted by atomic mass is 10.4. The molecule has 0 aromatic heterocycles. The van der Waals surface area contributed by atoms with Crippen LogP contribution in [0.3, 0.4) is 0 Å². The van der Waals surface area contributed by atoms with Crippen molar-refractivity contribution in [1.82, 2.24) is 0 Å². The van der Waals surface area contributed by atoms with E-state index in [0.29, 0.717) is 0 Å². The lowest BCUT2D eigenvalue weighted by Crippen LogP contribution is -2.11. The van der Waals surface area contributed by atoms with Gasteiger partial charge in [0, 0.05) is 7.26 Å². The number of unbranched alkanes of at least 4 members (excludes halogenated alkanes) is 3. The Bertz CT molecular complexity index is 280. The van der Waals surface area contributed by atoms with Crippen LogP contribution in [-0.4, -0.2) is 37.9 Å². The lowest BCUT2D eigenvalue weighted by molar-refractivity contribution is -0.224. The van der Waals surface area contributed by atoms with E-state index in [1.165, 1.54) is 44.7 Å². The molecule has 0 rings (SSSR count).